The van der Waals surface area contributed by atoms with Crippen LogP contribution in [0.1, 0.15) is 44.6 Å². The van der Waals surface area contributed by atoms with Crippen LogP contribution in [0.25, 0.3) is 0 Å². The van der Waals surface area contributed by atoms with Gasteiger partial charge in [-0.05, 0) is 43.5 Å². The summed E-state index contributed by atoms with van der Waals surface area (Å²) < 4.78 is 5.57. The van der Waals surface area contributed by atoms with Crippen molar-refractivity contribution in [1.29, 1.82) is 0 Å². The second kappa shape index (κ2) is 9.54. The fourth-order valence-corrected chi connectivity index (χ4v) is 2.54. The van der Waals surface area contributed by atoms with Crippen LogP contribution >= 0.6 is 12.2 Å². The second-order valence-electron chi connectivity index (χ2n) is 5.48. The monoisotopic (exact) mass is 319 g/mol. The SMILES string of the molecule is CCCC/C(=N/NC(=S)NC[C@@H]1CCCO1)c1ccccc1. The van der Waals surface area contributed by atoms with E-state index in [1.54, 1.807) is 0 Å². The van der Waals surface area contributed by atoms with Crippen LogP contribution < -0.4 is 10.7 Å². The highest BCUT2D eigenvalue weighted by Gasteiger charge is 2.15. The van der Waals surface area contributed by atoms with Gasteiger partial charge in [-0.1, -0.05) is 43.7 Å². The van der Waals surface area contributed by atoms with E-state index >= 15 is 0 Å². The van der Waals surface area contributed by atoms with Gasteiger partial charge in [-0.3, -0.25) is 5.43 Å². The third-order valence-electron chi connectivity index (χ3n) is 3.68. The average Bonchev–Trinajstić information content (AvgIpc) is 3.07. The third kappa shape index (κ3) is 5.73. The summed E-state index contributed by atoms with van der Waals surface area (Å²) in [6, 6.07) is 10.2. The zero-order chi connectivity index (χ0) is 15.6. The van der Waals surface area contributed by atoms with E-state index in [2.05, 4.69) is 34.9 Å². The number of nitrogens with one attached hydrogen (secondary N) is 2. The molecule has 0 saturated carbocycles. The number of benzene rings is 1. The van der Waals surface area contributed by atoms with E-state index in [4.69, 9.17) is 17.0 Å². The van der Waals surface area contributed by atoms with Gasteiger partial charge >= 0.3 is 0 Å². The van der Waals surface area contributed by atoms with Gasteiger partial charge in [-0.15, -0.1) is 0 Å². The highest BCUT2D eigenvalue weighted by Crippen LogP contribution is 2.10. The summed E-state index contributed by atoms with van der Waals surface area (Å²) in [5.74, 6) is 0. The maximum atomic E-state index is 5.57. The molecule has 1 aliphatic heterocycles. The molecule has 0 bridgehead atoms. The van der Waals surface area contributed by atoms with E-state index in [0.717, 1.165) is 56.5 Å². The molecule has 1 aromatic carbocycles. The lowest BCUT2D eigenvalue weighted by Crippen LogP contribution is -2.37. The smallest absolute Gasteiger partial charge is 0.187 e. The molecule has 1 aliphatic rings. The van der Waals surface area contributed by atoms with Crippen molar-refractivity contribution in [3.05, 3.63) is 35.9 Å². The third-order valence-corrected chi connectivity index (χ3v) is 3.92. The summed E-state index contributed by atoms with van der Waals surface area (Å²) in [4.78, 5) is 0. The highest BCUT2D eigenvalue weighted by atomic mass is 32.1. The Morgan fingerprint density at radius 2 is 2.18 bits per heavy atom. The summed E-state index contributed by atoms with van der Waals surface area (Å²) in [5.41, 5.74) is 5.16. The molecule has 2 rings (SSSR count). The zero-order valence-corrected chi connectivity index (χ0v) is 14.0. The summed E-state index contributed by atoms with van der Waals surface area (Å²) in [5, 5.41) is 8.23. The van der Waals surface area contributed by atoms with Crippen molar-refractivity contribution in [2.45, 2.75) is 45.1 Å². The fourth-order valence-electron chi connectivity index (χ4n) is 2.41. The van der Waals surface area contributed by atoms with E-state index < -0.39 is 0 Å². The second-order valence-corrected chi connectivity index (χ2v) is 5.89. The molecule has 0 radical (unpaired) electrons. The average molecular weight is 319 g/mol. The quantitative estimate of drug-likeness (QED) is 0.460. The van der Waals surface area contributed by atoms with Crippen molar-refractivity contribution in [1.82, 2.24) is 10.7 Å². The van der Waals surface area contributed by atoms with E-state index in [-0.39, 0.29) is 6.10 Å². The maximum absolute atomic E-state index is 5.57. The van der Waals surface area contributed by atoms with Crippen LogP contribution in [0.3, 0.4) is 0 Å². The molecular formula is C17H25N3OS. The van der Waals surface area contributed by atoms with Gasteiger partial charge in [0.25, 0.3) is 0 Å². The fraction of sp³-hybridized carbons (Fsp3) is 0.529. The number of hydrogen-bond donors (Lipinski definition) is 2. The molecular weight excluding hydrogens is 294 g/mol. The number of rotatable bonds is 7. The Morgan fingerprint density at radius 3 is 2.86 bits per heavy atom. The number of unbranched alkanes of at least 4 members (excludes halogenated alkanes) is 1. The van der Waals surface area contributed by atoms with Gasteiger partial charge in [0.05, 0.1) is 11.8 Å². The summed E-state index contributed by atoms with van der Waals surface area (Å²) in [6.45, 7) is 3.79. The van der Waals surface area contributed by atoms with E-state index in [9.17, 15) is 0 Å². The Labute approximate surface area is 138 Å². The predicted molar refractivity (Wildman–Crippen MR) is 95.2 cm³/mol. The summed E-state index contributed by atoms with van der Waals surface area (Å²) in [7, 11) is 0. The van der Waals surface area contributed by atoms with E-state index in [1.165, 1.54) is 0 Å². The molecule has 1 aromatic rings. The number of hydrogen-bond acceptors (Lipinski definition) is 3. The van der Waals surface area contributed by atoms with Gasteiger partial charge in [0.1, 0.15) is 0 Å². The van der Waals surface area contributed by atoms with Crippen molar-refractivity contribution in [3.8, 4) is 0 Å². The minimum atomic E-state index is 0.275. The standard InChI is InChI=1S/C17H25N3OS/c1-2-3-11-16(14-8-5-4-6-9-14)19-20-17(22)18-13-15-10-7-12-21-15/h4-6,8-9,15H,2-3,7,10-13H2,1H3,(H2,18,20,22)/b19-16-/t15-/m0/s1. The number of ether oxygens (including phenoxy) is 1. The van der Waals surface area contributed by atoms with E-state index in [1.807, 2.05) is 18.2 Å². The van der Waals surface area contributed by atoms with Crippen molar-refractivity contribution in [3.63, 3.8) is 0 Å². The van der Waals surface area contributed by atoms with Crippen LogP contribution in [0.15, 0.2) is 35.4 Å². The molecule has 0 spiro atoms. The number of hydrazone groups is 1. The van der Waals surface area contributed by atoms with Gasteiger partial charge in [0.15, 0.2) is 5.11 Å². The lowest BCUT2D eigenvalue weighted by Gasteiger charge is -2.13. The van der Waals surface area contributed by atoms with Gasteiger partial charge < -0.3 is 10.1 Å². The Bertz CT molecular complexity index is 484. The van der Waals surface area contributed by atoms with Gasteiger partial charge in [-0.25, -0.2) is 0 Å². The van der Waals surface area contributed by atoms with Gasteiger partial charge in [0.2, 0.25) is 0 Å². The first-order valence-corrected chi connectivity index (χ1v) is 8.48. The van der Waals surface area contributed by atoms with Crippen LogP contribution in [0.5, 0.6) is 0 Å². The van der Waals surface area contributed by atoms with Crippen molar-refractivity contribution >= 4 is 23.0 Å². The maximum Gasteiger partial charge on any atom is 0.187 e. The molecule has 1 saturated heterocycles. The molecule has 2 N–H and O–H groups in total. The van der Waals surface area contributed by atoms with Crippen LogP contribution in [0.2, 0.25) is 0 Å². The predicted octanol–water partition coefficient (Wildman–Crippen LogP) is 3.22. The van der Waals surface area contributed by atoms with Crippen LogP contribution in [0.4, 0.5) is 0 Å². The number of nitrogens with zero attached hydrogens (tertiary/aromatic N) is 1. The first kappa shape index (κ1) is 16.9. The minimum Gasteiger partial charge on any atom is -0.376 e. The molecule has 0 aliphatic carbocycles. The molecule has 22 heavy (non-hydrogen) atoms. The van der Waals surface area contributed by atoms with Crippen LogP contribution in [0, 0.1) is 0 Å². The minimum absolute atomic E-state index is 0.275. The molecule has 1 atom stereocenters. The van der Waals surface area contributed by atoms with Crippen molar-refractivity contribution in [2.24, 2.45) is 5.10 Å². The Kier molecular flexibility index (Phi) is 7.33. The van der Waals surface area contributed by atoms with Crippen molar-refractivity contribution in [2.75, 3.05) is 13.2 Å². The molecule has 120 valence electrons. The molecule has 1 fully saturated rings. The first-order chi connectivity index (χ1) is 10.8. The van der Waals surface area contributed by atoms with Crippen LogP contribution in [-0.4, -0.2) is 30.1 Å². The van der Waals surface area contributed by atoms with E-state index in [0.29, 0.717) is 5.11 Å². The molecule has 0 amide bonds. The molecule has 0 unspecified atom stereocenters. The van der Waals surface area contributed by atoms with Gasteiger partial charge in [0, 0.05) is 13.2 Å². The van der Waals surface area contributed by atoms with Crippen LogP contribution in [-0.2, 0) is 4.74 Å². The summed E-state index contributed by atoms with van der Waals surface area (Å²) in [6.07, 6.45) is 5.73. The summed E-state index contributed by atoms with van der Waals surface area (Å²) >= 11 is 5.28. The molecule has 1 heterocycles. The zero-order valence-electron chi connectivity index (χ0n) is 13.2. The Hall–Kier alpha value is -1.46. The Balaban J connectivity index is 1.86. The topological polar surface area (TPSA) is 45.7 Å². The lowest BCUT2D eigenvalue weighted by molar-refractivity contribution is 0.114. The number of thiocarbonyl (C=S) groups is 1. The Morgan fingerprint density at radius 1 is 1.36 bits per heavy atom. The first-order valence-electron chi connectivity index (χ1n) is 8.07. The normalized spacial score (nSPS) is 18.2. The largest absolute Gasteiger partial charge is 0.376 e. The molecule has 5 heteroatoms. The van der Waals surface area contributed by atoms with Gasteiger partial charge in [-0.2, -0.15) is 5.10 Å². The molecule has 4 nitrogen and oxygen atoms in total. The lowest BCUT2D eigenvalue weighted by atomic mass is 10.1. The molecule has 0 aromatic heterocycles. The highest BCUT2D eigenvalue weighted by molar-refractivity contribution is 7.80. The van der Waals surface area contributed by atoms with Crippen molar-refractivity contribution < 1.29 is 4.74 Å².